The van der Waals surface area contributed by atoms with Crippen LogP contribution in [0.5, 0.6) is 17.2 Å². The first kappa shape index (κ1) is 23.1. The Bertz CT molecular complexity index is 2650. The highest BCUT2D eigenvalue weighted by Gasteiger charge is 2.48. The Morgan fingerprint density at radius 3 is 2.11 bits per heavy atom. The number of rotatable bonds is 1. The number of para-hydroxylation sites is 3. The highest BCUT2D eigenvalue weighted by atomic mass is 16.5. The van der Waals surface area contributed by atoms with Gasteiger partial charge in [0, 0.05) is 60.7 Å². The van der Waals surface area contributed by atoms with E-state index in [1.54, 1.807) is 0 Å². The van der Waals surface area contributed by atoms with Gasteiger partial charge >= 0.3 is 13.7 Å². The molecule has 44 heavy (non-hydrogen) atoms. The zero-order chi connectivity index (χ0) is 29.0. The fourth-order valence-corrected chi connectivity index (χ4v) is 8.91. The minimum atomic E-state index is -0.198. The lowest BCUT2D eigenvalue weighted by Crippen LogP contribution is -2.60. The Labute approximate surface area is 253 Å². The molecule has 0 radical (unpaired) electrons. The maximum atomic E-state index is 12.2. The summed E-state index contributed by atoms with van der Waals surface area (Å²) in [6, 6.07) is 36.8. The molecule has 0 bridgehead atoms. The first-order chi connectivity index (χ1) is 21.6. The molecule has 1 N–H and O–H groups in total. The molecule has 11 rings (SSSR count). The highest BCUT2D eigenvalue weighted by molar-refractivity contribution is 6.93. The molecule has 0 saturated carbocycles. The van der Waals surface area contributed by atoms with Crippen molar-refractivity contribution in [2.24, 2.45) is 0 Å². The van der Waals surface area contributed by atoms with E-state index in [4.69, 9.17) is 4.74 Å². The van der Waals surface area contributed by atoms with Gasteiger partial charge in [0.15, 0.2) is 0 Å². The minimum absolute atomic E-state index is 0.0770. The number of fused-ring (bicyclic) bond motifs is 9. The summed E-state index contributed by atoms with van der Waals surface area (Å²) in [7, 11) is 0. The number of nitrogens with zero attached hydrogens (tertiary/aromatic N) is 2. The quantitative estimate of drug-likeness (QED) is 0.252. The van der Waals surface area contributed by atoms with E-state index in [9.17, 15) is 5.11 Å². The zero-order valence-electron chi connectivity index (χ0n) is 24.2. The third-order valence-corrected chi connectivity index (χ3v) is 10.6. The van der Waals surface area contributed by atoms with Gasteiger partial charge in [-0.2, -0.15) is 0 Å². The molecular formula is C38H24B2N2O2. The molecule has 2 aromatic heterocycles. The second kappa shape index (κ2) is 7.59. The predicted molar refractivity (Wildman–Crippen MR) is 183 cm³/mol. The Hall–Kier alpha value is -5.35. The summed E-state index contributed by atoms with van der Waals surface area (Å²) in [5, 5.41) is 17.2. The SMILES string of the molecule is Cc1ccccc1B1c2c(O)cc3c4c2-c2c5c(cc6c7cccc(C)c7n1c26)c1ccccc1n5B4c1ccccc1O3. The molecule has 0 unspecified atom stereocenters. The van der Waals surface area contributed by atoms with Crippen molar-refractivity contribution in [1.82, 2.24) is 8.96 Å². The maximum absolute atomic E-state index is 12.2. The van der Waals surface area contributed by atoms with Crippen LogP contribution in [0.3, 0.4) is 0 Å². The molecule has 0 fully saturated rings. The van der Waals surface area contributed by atoms with E-state index >= 15 is 0 Å². The number of hydrogen-bond donors (Lipinski definition) is 1. The summed E-state index contributed by atoms with van der Waals surface area (Å²) in [5.41, 5.74) is 14.1. The van der Waals surface area contributed by atoms with Crippen LogP contribution in [0.15, 0.2) is 103 Å². The van der Waals surface area contributed by atoms with Crippen LogP contribution in [0.25, 0.3) is 54.7 Å². The summed E-state index contributed by atoms with van der Waals surface area (Å²) < 4.78 is 11.7. The van der Waals surface area contributed by atoms with Gasteiger partial charge in [0.05, 0.1) is 0 Å². The average Bonchev–Trinajstić information content (AvgIpc) is 3.56. The molecule has 204 valence electrons. The molecule has 0 amide bonds. The first-order valence-corrected chi connectivity index (χ1v) is 15.3. The molecule has 4 nitrogen and oxygen atoms in total. The van der Waals surface area contributed by atoms with Crippen molar-refractivity contribution < 1.29 is 9.84 Å². The van der Waals surface area contributed by atoms with Gasteiger partial charge in [-0.05, 0) is 59.6 Å². The topological polar surface area (TPSA) is 39.3 Å². The van der Waals surface area contributed by atoms with Gasteiger partial charge in [0.2, 0.25) is 0 Å². The van der Waals surface area contributed by atoms with Crippen LogP contribution >= 0.6 is 0 Å². The summed E-state index contributed by atoms with van der Waals surface area (Å²) >= 11 is 0. The van der Waals surface area contributed by atoms with Crippen molar-refractivity contribution in [1.29, 1.82) is 0 Å². The van der Waals surface area contributed by atoms with Crippen molar-refractivity contribution in [3.63, 3.8) is 0 Å². The van der Waals surface area contributed by atoms with E-state index in [0.717, 1.165) is 33.5 Å². The molecule has 0 atom stereocenters. The smallest absolute Gasteiger partial charge is 0.336 e. The molecule has 0 aliphatic carbocycles. The van der Waals surface area contributed by atoms with Gasteiger partial charge in [-0.1, -0.05) is 84.4 Å². The second-order valence-electron chi connectivity index (χ2n) is 12.7. The normalized spacial score (nSPS) is 13.9. The van der Waals surface area contributed by atoms with Crippen molar-refractivity contribution in [2.75, 3.05) is 0 Å². The molecule has 5 heterocycles. The fourth-order valence-electron chi connectivity index (χ4n) is 8.91. The molecule has 3 aliphatic rings. The Morgan fingerprint density at radius 1 is 0.545 bits per heavy atom. The van der Waals surface area contributed by atoms with Crippen molar-refractivity contribution in [3.05, 3.63) is 114 Å². The maximum Gasteiger partial charge on any atom is 0.336 e. The van der Waals surface area contributed by atoms with E-state index in [0.29, 0.717) is 0 Å². The largest absolute Gasteiger partial charge is 0.508 e. The van der Waals surface area contributed by atoms with Crippen molar-refractivity contribution in [2.45, 2.75) is 13.8 Å². The third-order valence-electron chi connectivity index (χ3n) is 10.6. The van der Waals surface area contributed by atoms with Gasteiger partial charge in [0.1, 0.15) is 17.2 Å². The van der Waals surface area contributed by atoms with Crippen LogP contribution < -0.4 is 26.6 Å². The number of ether oxygens (including phenoxy) is 1. The van der Waals surface area contributed by atoms with Gasteiger partial charge in [-0.3, -0.25) is 0 Å². The van der Waals surface area contributed by atoms with Crippen LogP contribution in [-0.4, -0.2) is 27.8 Å². The lowest BCUT2D eigenvalue weighted by atomic mass is 9.40. The van der Waals surface area contributed by atoms with Gasteiger partial charge in [0.25, 0.3) is 0 Å². The number of benzene rings is 6. The highest BCUT2D eigenvalue weighted by Crippen LogP contribution is 2.50. The standard InChI is InChI=1S/C38H24B2N2O2/c1-20-10-3-5-14-26(20)39-34-29(43)19-31-35-32(34)33-37-24(18-25-23-13-9-11-21(2)36(23)42(39)38(25)33)22-12-4-7-16-28(22)41(37)40(35)27-15-6-8-17-30(27)44-31/h3-19,43H,1-2H3. The number of aromatic nitrogens is 2. The van der Waals surface area contributed by atoms with Crippen molar-refractivity contribution >= 4 is 79.2 Å². The fraction of sp³-hybridized carbons (Fsp3) is 0.0526. The van der Waals surface area contributed by atoms with Crippen LogP contribution in [0.2, 0.25) is 0 Å². The summed E-state index contributed by atoms with van der Waals surface area (Å²) in [5.74, 6) is 1.86. The molecular weight excluding hydrogens is 538 g/mol. The Morgan fingerprint density at radius 2 is 1.23 bits per heavy atom. The zero-order valence-corrected chi connectivity index (χ0v) is 24.2. The molecule has 3 aliphatic heterocycles. The van der Waals surface area contributed by atoms with E-state index in [1.807, 2.05) is 18.2 Å². The molecule has 8 aromatic rings. The predicted octanol–water partition coefficient (Wildman–Crippen LogP) is 5.93. The van der Waals surface area contributed by atoms with E-state index in [-0.39, 0.29) is 19.4 Å². The van der Waals surface area contributed by atoms with Gasteiger partial charge < -0.3 is 18.8 Å². The number of aromatic hydroxyl groups is 1. The minimum Gasteiger partial charge on any atom is -0.508 e. The van der Waals surface area contributed by atoms with Gasteiger partial charge in [-0.15, -0.1) is 0 Å². The number of phenols is 1. The summed E-state index contributed by atoms with van der Waals surface area (Å²) in [4.78, 5) is 0. The van der Waals surface area contributed by atoms with Crippen molar-refractivity contribution in [3.8, 4) is 28.4 Å². The number of aryl methyl sites for hydroxylation is 2. The number of phenolic OH excluding ortho intramolecular Hbond substituents is 1. The second-order valence-corrected chi connectivity index (χ2v) is 12.7. The first-order valence-electron chi connectivity index (χ1n) is 15.3. The lowest BCUT2D eigenvalue weighted by molar-refractivity contribution is 0.460. The monoisotopic (exact) mass is 562 g/mol. The van der Waals surface area contributed by atoms with E-state index in [2.05, 4.69) is 108 Å². The molecule has 6 heteroatoms. The Kier molecular flexibility index (Phi) is 3.99. The molecule has 6 aromatic carbocycles. The van der Waals surface area contributed by atoms with Crippen LogP contribution in [0, 0.1) is 13.8 Å². The number of hydrogen-bond acceptors (Lipinski definition) is 2. The lowest BCUT2D eigenvalue weighted by Gasteiger charge is -2.39. The van der Waals surface area contributed by atoms with Crippen LogP contribution in [0.4, 0.5) is 0 Å². The Balaban J connectivity index is 1.48. The van der Waals surface area contributed by atoms with Crippen LogP contribution in [0.1, 0.15) is 11.1 Å². The van der Waals surface area contributed by atoms with E-state index < -0.39 is 0 Å². The summed E-state index contributed by atoms with van der Waals surface area (Å²) in [6.07, 6.45) is 0. The summed E-state index contributed by atoms with van der Waals surface area (Å²) in [6.45, 7) is 4.12. The van der Waals surface area contributed by atoms with E-state index in [1.165, 1.54) is 65.8 Å². The average molecular weight is 562 g/mol. The van der Waals surface area contributed by atoms with Crippen LogP contribution in [-0.2, 0) is 0 Å². The molecule has 0 saturated heterocycles. The van der Waals surface area contributed by atoms with Gasteiger partial charge in [-0.25, -0.2) is 0 Å². The molecule has 0 spiro atoms. The third kappa shape index (κ3) is 2.46.